The van der Waals surface area contributed by atoms with Gasteiger partial charge in [0.1, 0.15) is 0 Å². The largest absolute Gasteiger partial charge is 0.307 e. The number of hydrogen-bond donors (Lipinski definition) is 2. The molecule has 0 saturated carbocycles. The van der Waals surface area contributed by atoms with Crippen molar-refractivity contribution in [2.75, 3.05) is 0 Å². The molecule has 4 heteroatoms. The van der Waals surface area contributed by atoms with Gasteiger partial charge in [0.15, 0.2) is 5.65 Å². The Morgan fingerprint density at radius 3 is 2.84 bits per heavy atom. The fourth-order valence-corrected chi connectivity index (χ4v) is 2.54. The van der Waals surface area contributed by atoms with E-state index < -0.39 is 0 Å². The van der Waals surface area contributed by atoms with Gasteiger partial charge in [-0.05, 0) is 18.6 Å². The molecule has 0 unspecified atom stereocenters. The van der Waals surface area contributed by atoms with Gasteiger partial charge in [-0.2, -0.15) is 0 Å². The number of hydrogen-bond acceptors (Lipinski definition) is 2. The zero-order valence-electron chi connectivity index (χ0n) is 10.4. The second-order valence-corrected chi connectivity index (χ2v) is 4.66. The van der Waals surface area contributed by atoms with Gasteiger partial charge in [0.25, 0.3) is 0 Å². The Hall–Kier alpha value is -2.62. The Morgan fingerprint density at radius 2 is 1.95 bits per heavy atom. The third-order valence-corrected chi connectivity index (χ3v) is 3.50. The third-order valence-electron chi connectivity index (χ3n) is 3.50. The van der Waals surface area contributed by atoms with E-state index in [9.17, 15) is 0 Å². The highest BCUT2D eigenvalue weighted by molar-refractivity contribution is 6.08. The minimum absolute atomic E-state index is 0.779. The Bertz CT molecular complexity index is 885. The van der Waals surface area contributed by atoms with Crippen LogP contribution in [0.2, 0.25) is 0 Å². The second kappa shape index (κ2) is 3.68. The molecule has 3 aromatic heterocycles. The lowest BCUT2D eigenvalue weighted by molar-refractivity contribution is 1.12. The molecule has 0 atom stereocenters. The summed E-state index contributed by atoms with van der Waals surface area (Å²) in [4.78, 5) is 9.03. The standard InChI is InChI=1S/C15H12N4/c1-9-4-2-3-5-10(9)13-12-8-17-19-14(12)11-6-7-16-15(11)18-13/h2-8,17,19H,1H3. The Morgan fingerprint density at radius 1 is 1.05 bits per heavy atom. The van der Waals surface area contributed by atoms with Gasteiger partial charge in [-0.25, -0.2) is 9.97 Å². The first-order valence-corrected chi connectivity index (χ1v) is 6.21. The smallest absolute Gasteiger partial charge is 0.162 e. The summed E-state index contributed by atoms with van der Waals surface area (Å²) >= 11 is 0. The van der Waals surface area contributed by atoms with Crippen LogP contribution in [0, 0.1) is 6.92 Å². The van der Waals surface area contributed by atoms with Gasteiger partial charge in [0.2, 0.25) is 0 Å². The van der Waals surface area contributed by atoms with Crippen LogP contribution in [-0.2, 0) is 0 Å². The van der Waals surface area contributed by atoms with E-state index in [1.165, 1.54) is 5.56 Å². The lowest BCUT2D eigenvalue weighted by Crippen LogP contribution is -1.89. The second-order valence-electron chi connectivity index (χ2n) is 4.66. The fraction of sp³-hybridized carbons (Fsp3) is 0.0667. The lowest BCUT2D eigenvalue weighted by atomic mass is 10.0. The van der Waals surface area contributed by atoms with Crippen LogP contribution >= 0.6 is 0 Å². The number of nitrogens with zero attached hydrogens (tertiary/aromatic N) is 2. The number of pyridine rings is 1. The molecule has 0 aliphatic heterocycles. The summed E-state index contributed by atoms with van der Waals surface area (Å²) in [5.41, 5.74) is 5.16. The summed E-state index contributed by atoms with van der Waals surface area (Å²) in [5, 5.41) is 8.37. The number of fused-ring (bicyclic) bond motifs is 3. The van der Waals surface area contributed by atoms with E-state index in [1.54, 1.807) is 6.20 Å². The predicted octanol–water partition coefficient (Wildman–Crippen LogP) is 3.41. The van der Waals surface area contributed by atoms with Gasteiger partial charge >= 0.3 is 0 Å². The zero-order valence-corrected chi connectivity index (χ0v) is 10.4. The molecule has 0 radical (unpaired) electrons. The molecule has 4 aromatic rings. The number of H-pyrrole nitrogens is 2. The first kappa shape index (κ1) is 10.3. The molecule has 4 nitrogen and oxygen atoms in total. The molecule has 3 heterocycles. The van der Waals surface area contributed by atoms with E-state index >= 15 is 0 Å². The van der Waals surface area contributed by atoms with Crippen LogP contribution < -0.4 is 0 Å². The van der Waals surface area contributed by atoms with Crippen molar-refractivity contribution in [1.29, 1.82) is 0 Å². The molecule has 0 saturated heterocycles. The molecule has 4 rings (SSSR count). The lowest BCUT2D eigenvalue weighted by Gasteiger charge is -2.06. The van der Waals surface area contributed by atoms with E-state index in [1.807, 2.05) is 24.4 Å². The molecule has 0 spiro atoms. The zero-order chi connectivity index (χ0) is 12.8. The normalized spacial score (nSPS) is 11.4. The van der Waals surface area contributed by atoms with Gasteiger partial charge in [0.05, 0.1) is 11.2 Å². The third kappa shape index (κ3) is 1.40. The number of benzene rings is 1. The average Bonchev–Trinajstić information content (AvgIpc) is 3.06. The average molecular weight is 248 g/mol. The van der Waals surface area contributed by atoms with Gasteiger partial charge in [-0.15, -0.1) is 0 Å². The van der Waals surface area contributed by atoms with Crippen LogP contribution in [0.3, 0.4) is 0 Å². The Labute approximate surface area is 109 Å². The highest BCUT2D eigenvalue weighted by Crippen LogP contribution is 2.31. The molecule has 19 heavy (non-hydrogen) atoms. The quantitative estimate of drug-likeness (QED) is 0.542. The van der Waals surface area contributed by atoms with E-state index in [-0.39, 0.29) is 0 Å². The predicted molar refractivity (Wildman–Crippen MR) is 75.9 cm³/mol. The van der Waals surface area contributed by atoms with Crippen LogP contribution in [0.4, 0.5) is 0 Å². The van der Waals surface area contributed by atoms with Crippen LogP contribution in [0.15, 0.2) is 42.7 Å². The van der Waals surface area contributed by atoms with E-state index in [0.717, 1.165) is 33.2 Å². The van der Waals surface area contributed by atoms with Gasteiger partial charge < -0.3 is 5.10 Å². The molecule has 2 N–H and O–H groups in total. The molecule has 0 fully saturated rings. The molecule has 0 amide bonds. The van der Waals surface area contributed by atoms with Gasteiger partial charge in [-0.3, -0.25) is 5.10 Å². The van der Waals surface area contributed by atoms with Crippen LogP contribution in [0.5, 0.6) is 0 Å². The van der Waals surface area contributed by atoms with Crippen LogP contribution in [0.25, 0.3) is 33.2 Å². The number of aromatic nitrogens is 4. The monoisotopic (exact) mass is 248 g/mol. The molecule has 0 aliphatic rings. The molecule has 1 aromatic carbocycles. The van der Waals surface area contributed by atoms with Gasteiger partial charge in [0, 0.05) is 28.7 Å². The van der Waals surface area contributed by atoms with Crippen molar-refractivity contribution >= 4 is 21.9 Å². The first-order valence-electron chi connectivity index (χ1n) is 6.21. The van der Waals surface area contributed by atoms with Crippen molar-refractivity contribution in [3.05, 3.63) is 48.3 Å². The molecule has 0 aliphatic carbocycles. The molecular weight excluding hydrogens is 236 g/mol. The van der Waals surface area contributed by atoms with Crippen molar-refractivity contribution in [3.63, 3.8) is 0 Å². The molecular formula is C15H12N4. The number of rotatable bonds is 1. The SMILES string of the molecule is Cc1ccccc1-c1nc2nccc2c2[nH][nH]cc12. The topological polar surface area (TPSA) is 57.4 Å². The number of aryl methyl sites for hydroxylation is 1. The number of nitrogens with one attached hydrogen (secondary N) is 2. The fourth-order valence-electron chi connectivity index (χ4n) is 2.54. The maximum absolute atomic E-state index is 4.72. The highest BCUT2D eigenvalue weighted by atomic mass is 15.1. The van der Waals surface area contributed by atoms with Crippen LogP contribution in [0.1, 0.15) is 5.56 Å². The van der Waals surface area contributed by atoms with Crippen molar-refractivity contribution in [1.82, 2.24) is 20.2 Å². The Balaban J connectivity index is 2.18. The van der Waals surface area contributed by atoms with Crippen molar-refractivity contribution < 1.29 is 0 Å². The summed E-state index contributed by atoms with van der Waals surface area (Å²) in [5.74, 6) is 0. The first-order chi connectivity index (χ1) is 9.34. The van der Waals surface area contributed by atoms with E-state index in [0.29, 0.717) is 0 Å². The van der Waals surface area contributed by atoms with Crippen molar-refractivity contribution in [3.8, 4) is 11.3 Å². The summed E-state index contributed by atoms with van der Waals surface area (Å²) in [6, 6.07) is 10.3. The van der Waals surface area contributed by atoms with Gasteiger partial charge in [-0.1, -0.05) is 24.3 Å². The molecule has 0 bridgehead atoms. The van der Waals surface area contributed by atoms with Crippen molar-refractivity contribution in [2.45, 2.75) is 6.92 Å². The maximum Gasteiger partial charge on any atom is 0.162 e. The van der Waals surface area contributed by atoms with Crippen molar-refractivity contribution in [2.24, 2.45) is 0 Å². The molecule has 92 valence electrons. The summed E-state index contributed by atoms with van der Waals surface area (Å²) in [6.07, 6.45) is 3.75. The Kier molecular flexibility index (Phi) is 2.00. The maximum atomic E-state index is 4.72. The summed E-state index contributed by atoms with van der Waals surface area (Å²) in [7, 11) is 0. The minimum Gasteiger partial charge on any atom is -0.307 e. The van der Waals surface area contributed by atoms with E-state index in [4.69, 9.17) is 4.98 Å². The van der Waals surface area contributed by atoms with E-state index in [2.05, 4.69) is 34.2 Å². The minimum atomic E-state index is 0.779. The van der Waals surface area contributed by atoms with Crippen LogP contribution in [-0.4, -0.2) is 20.2 Å². The summed E-state index contributed by atoms with van der Waals surface area (Å²) in [6.45, 7) is 2.10. The summed E-state index contributed by atoms with van der Waals surface area (Å²) < 4.78 is 0. The highest BCUT2D eigenvalue weighted by Gasteiger charge is 2.13. The number of aromatic amines is 2.